The van der Waals surface area contributed by atoms with Crippen LogP contribution in [0.25, 0.3) is 10.9 Å². The first-order chi connectivity index (χ1) is 22.7. The first kappa shape index (κ1) is 36.0. The summed E-state index contributed by atoms with van der Waals surface area (Å²) in [6.45, 7) is 3.01. The Labute approximate surface area is 273 Å². The maximum absolute atomic E-state index is 14.3. The highest BCUT2D eigenvalue weighted by Crippen LogP contribution is 2.56. The van der Waals surface area contributed by atoms with Gasteiger partial charge in [0.25, 0.3) is 0 Å². The van der Waals surface area contributed by atoms with Gasteiger partial charge in [-0.05, 0) is 79.5 Å². The fourth-order valence-electron chi connectivity index (χ4n) is 6.50. The molecule has 4 aromatic rings. The Morgan fingerprint density at radius 3 is 2.29 bits per heavy atom. The first-order valence-corrected chi connectivity index (χ1v) is 15.0. The first-order valence-electron chi connectivity index (χ1n) is 15.0. The quantitative estimate of drug-likeness (QED) is 0.140. The molecule has 2 aliphatic carbocycles. The lowest BCUT2D eigenvalue weighted by atomic mass is 9.69. The molecule has 1 heterocycles. The van der Waals surface area contributed by atoms with Crippen LogP contribution in [0.3, 0.4) is 0 Å². The van der Waals surface area contributed by atoms with Gasteiger partial charge in [-0.15, -0.1) is 0 Å². The van der Waals surface area contributed by atoms with E-state index in [4.69, 9.17) is 0 Å². The Morgan fingerprint density at radius 1 is 0.959 bits per heavy atom. The van der Waals surface area contributed by atoms with Crippen LogP contribution in [-0.4, -0.2) is 53.9 Å². The van der Waals surface area contributed by atoms with Crippen LogP contribution in [-0.2, 0) is 12.8 Å². The van der Waals surface area contributed by atoms with Gasteiger partial charge in [0.1, 0.15) is 22.9 Å². The Morgan fingerprint density at radius 2 is 1.65 bits per heavy atom. The molecule has 49 heavy (non-hydrogen) atoms. The van der Waals surface area contributed by atoms with E-state index in [1.165, 1.54) is 38.2 Å². The standard InChI is InChI=1S/C22H19F6N3O2.C11H11F3O2/c1-3-10-7-21(33,22(26,27)28)20(11-6-14(24)17(25)19(32)16(10)11)31-15-5-4-13(23)18-12(15)8-29-9(2)30-18;12-11(13,14)10(16)5-4-8-7(6-10)2-1-3-9(8)15/h4-6,8,10,20,31-33H,3,7H2,1-2H3;1-3,15-16H,4-6H2/t10-,20+,21-;/m1./s1. The zero-order valence-electron chi connectivity index (χ0n) is 25.8. The van der Waals surface area contributed by atoms with Crippen molar-refractivity contribution in [3.8, 4) is 11.5 Å². The molecule has 0 spiro atoms. The molecule has 0 saturated carbocycles. The average Bonchev–Trinajstić information content (AvgIpc) is 3.01. The molecule has 264 valence electrons. The smallest absolute Gasteiger partial charge is 0.419 e. The van der Waals surface area contributed by atoms with Gasteiger partial charge in [0.2, 0.25) is 5.82 Å². The molecule has 0 saturated heterocycles. The van der Waals surface area contributed by atoms with Crippen molar-refractivity contribution in [2.24, 2.45) is 0 Å². The number of aromatic nitrogens is 2. The predicted molar refractivity (Wildman–Crippen MR) is 158 cm³/mol. The van der Waals surface area contributed by atoms with Crippen molar-refractivity contribution in [2.75, 3.05) is 5.32 Å². The van der Waals surface area contributed by atoms with E-state index >= 15 is 0 Å². The maximum Gasteiger partial charge on any atom is 0.419 e. The largest absolute Gasteiger partial charge is 0.508 e. The van der Waals surface area contributed by atoms with Gasteiger partial charge in [-0.1, -0.05) is 19.1 Å². The normalized spacial score (nSPS) is 23.7. The number of phenols is 2. The number of hydrogen-bond acceptors (Lipinski definition) is 7. The van der Waals surface area contributed by atoms with Gasteiger partial charge < -0.3 is 25.7 Å². The highest BCUT2D eigenvalue weighted by Gasteiger charge is 2.63. The molecule has 6 rings (SSSR count). The third-order valence-electron chi connectivity index (χ3n) is 9.17. The highest BCUT2D eigenvalue weighted by atomic mass is 19.4. The van der Waals surface area contributed by atoms with E-state index in [2.05, 4.69) is 15.3 Å². The zero-order chi connectivity index (χ0) is 36.3. The molecular weight excluding hydrogens is 673 g/mol. The van der Waals surface area contributed by atoms with Crippen LogP contribution in [0, 0.1) is 24.4 Å². The van der Waals surface area contributed by atoms with Gasteiger partial charge in [-0.2, -0.15) is 30.7 Å². The summed E-state index contributed by atoms with van der Waals surface area (Å²) in [5.41, 5.74) is -6.10. The second kappa shape index (κ2) is 12.5. The SMILES string of the molecule is CC[C@@H]1C[C@](O)(C(F)(F)F)[C@@H](Nc2ccc(F)c3nc(C)ncc23)c2cc(F)c(F)c(O)c21.Oc1cccc2c1CCC(O)(C(F)(F)F)C2. The molecule has 2 aliphatic rings. The summed E-state index contributed by atoms with van der Waals surface area (Å²) in [4.78, 5) is 7.91. The van der Waals surface area contributed by atoms with Crippen LogP contribution >= 0.6 is 0 Å². The average molecular weight is 704 g/mol. The lowest BCUT2D eigenvalue weighted by molar-refractivity contribution is -0.273. The number of halogens is 9. The molecule has 1 unspecified atom stereocenters. The number of phenolic OH excluding ortho intramolecular Hbond substituents is 2. The number of hydrogen-bond donors (Lipinski definition) is 5. The fraction of sp³-hybridized carbons (Fsp3) is 0.394. The van der Waals surface area contributed by atoms with Gasteiger partial charge in [0, 0.05) is 29.3 Å². The molecule has 0 aliphatic heterocycles. The van der Waals surface area contributed by atoms with E-state index in [0.29, 0.717) is 17.2 Å². The van der Waals surface area contributed by atoms with Gasteiger partial charge in [-0.3, -0.25) is 0 Å². The Hall–Kier alpha value is -4.31. The number of nitrogens with one attached hydrogen (secondary N) is 1. The molecule has 16 heteroatoms. The van der Waals surface area contributed by atoms with E-state index in [1.54, 1.807) is 0 Å². The number of nitrogens with zero attached hydrogens (tertiary/aromatic N) is 2. The number of aromatic hydroxyl groups is 2. The summed E-state index contributed by atoms with van der Waals surface area (Å²) < 4.78 is 123. The molecule has 0 radical (unpaired) electrons. The second-order valence-corrected chi connectivity index (χ2v) is 12.2. The van der Waals surface area contributed by atoms with Gasteiger partial charge in [0.05, 0.1) is 6.04 Å². The summed E-state index contributed by atoms with van der Waals surface area (Å²) >= 11 is 0. The lowest BCUT2D eigenvalue weighted by Gasteiger charge is -2.45. The molecule has 0 bridgehead atoms. The number of alkyl halides is 6. The number of benzene rings is 3. The molecule has 1 aromatic heterocycles. The van der Waals surface area contributed by atoms with Crippen LogP contribution in [0.2, 0.25) is 0 Å². The number of aryl methyl sites for hydroxylation is 1. The van der Waals surface area contributed by atoms with E-state index in [-0.39, 0.29) is 46.6 Å². The molecule has 0 fully saturated rings. The van der Waals surface area contributed by atoms with Crippen LogP contribution in [0.1, 0.15) is 66.2 Å². The highest BCUT2D eigenvalue weighted by molar-refractivity contribution is 5.91. The van der Waals surface area contributed by atoms with E-state index in [9.17, 15) is 59.9 Å². The second-order valence-electron chi connectivity index (χ2n) is 12.2. The van der Waals surface area contributed by atoms with E-state index in [0.717, 1.165) is 12.1 Å². The monoisotopic (exact) mass is 703 g/mol. The number of rotatable bonds is 3. The van der Waals surface area contributed by atoms with Crippen molar-refractivity contribution in [2.45, 2.75) is 81.5 Å². The number of aliphatic hydroxyl groups is 2. The zero-order valence-corrected chi connectivity index (χ0v) is 25.8. The van der Waals surface area contributed by atoms with Crippen molar-refractivity contribution in [3.63, 3.8) is 0 Å². The minimum atomic E-state index is -5.18. The maximum atomic E-state index is 14.3. The third-order valence-corrected chi connectivity index (χ3v) is 9.17. The summed E-state index contributed by atoms with van der Waals surface area (Å²) in [5.74, 6) is -5.87. The molecule has 5 N–H and O–H groups in total. The summed E-state index contributed by atoms with van der Waals surface area (Å²) in [6, 6.07) is 5.03. The molecule has 3 aromatic carbocycles. The van der Waals surface area contributed by atoms with Crippen molar-refractivity contribution < 1.29 is 59.9 Å². The van der Waals surface area contributed by atoms with Crippen molar-refractivity contribution >= 4 is 16.6 Å². The summed E-state index contributed by atoms with van der Waals surface area (Å²) in [7, 11) is 0. The Bertz CT molecular complexity index is 1900. The van der Waals surface area contributed by atoms with Crippen LogP contribution in [0.5, 0.6) is 11.5 Å². The number of anilines is 1. The van der Waals surface area contributed by atoms with Crippen molar-refractivity contribution in [3.05, 3.63) is 88.1 Å². The molecule has 4 atom stereocenters. The fourth-order valence-corrected chi connectivity index (χ4v) is 6.50. The topological polar surface area (TPSA) is 119 Å². The minimum Gasteiger partial charge on any atom is -0.508 e. The van der Waals surface area contributed by atoms with Crippen LogP contribution < -0.4 is 5.32 Å². The van der Waals surface area contributed by atoms with E-state index < -0.39 is 83.5 Å². The third kappa shape index (κ3) is 6.31. The lowest BCUT2D eigenvalue weighted by Crippen LogP contribution is -2.55. The van der Waals surface area contributed by atoms with Crippen LogP contribution in [0.4, 0.5) is 45.2 Å². The number of fused-ring (bicyclic) bond motifs is 3. The Balaban J connectivity index is 0.000000244. The van der Waals surface area contributed by atoms with Crippen molar-refractivity contribution in [1.29, 1.82) is 0 Å². The minimum absolute atomic E-state index is 0.00160. The van der Waals surface area contributed by atoms with Gasteiger partial charge in [0.15, 0.2) is 22.8 Å². The predicted octanol–water partition coefficient (Wildman–Crippen LogP) is 7.58. The van der Waals surface area contributed by atoms with Gasteiger partial charge in [-0.25, -0.2) is 18.7 Å². The van der Waals surface area contributed by atoms with Crippen molar-refractivity contribution in [1.82, 2.24) is 9.97 Å². The van der Waals surface area contributed by atoms with Crippen LogP contribution in [0.15, 0.2) is 42.6 Å². The van der Waals surface area contributed by atoms with Gasteiger partial charge >= 0.3 is 12.4 Å². The van der Waals surface area contributed by atoms with E-state index in [1.807, 2.05) is 0 Å². The summed E-state index contributed by atoms with van der Waals surface area (Å²) in [6.07, 6.45) is -10.3. The summed E-state index contributed by atoms with van der Waals surface area (Å²) in [5, 5.41) is 42.7. The molecule has 0 amide bonds. The molecule has 7 nitrogen and oxygen atoms in total. The Kier molecular flexibility index (Phi) is 9.21. The molecular formula is C33H30F9N3O4.